The third-order valence-electron chi connectivity index (χ3n) is 5.23. The van der Waals surface area contributed by atoms with Crippen LogP contribution in [0, 0.1) is 0 Å². The molecule has 33 heavy (non-hydrogen) atoms. The molecule has 0 atom stereocenters. The summed E-state index contributed by atoms with van der Waals surface area (Å²) in [6.07, 6.45) is 0. The highest BCUT2D eigenvalue weighted by Gasteiger charge is 2.34. The van der Waals surface area contributed by atoms with E-state index in [0.717, 1.165) is 4.90 Å². The normalized spacial score (nSPS) is 12.5. The summed E-state index contributed by atoms with van der Waals surface area (Å²) in [5, 5.41) is 2.85. The van der Waals surface area contributed by atoms with Gasteiger partial charge in [0.2, 0.25) is 0 Å². The number of carbonyl (C=O) groups excluding carboxylic acids is 3. The van der Waals surface area contributed by atoms with Gasteiger partial charge in [-0.3, -0.25) is 19.3 Å². The lowest BCUT2D eigenvalue weighted by Crippen LogP contribution is -2.31. The smallest absolute Gasteiger partial charge is 0.263 e. The van der Waals surface area contributed by atoms with Crippen LogP contribution in [0.2, 0.25) is 0 Å². The van der Waals surface area contributed by atoms with Crippen molar-refractivity contribution in [3.63, 3.8) is 0 Å². The van der Waals surface area contributed by atoms with Gasteiger partial charge < -0.3 is 14.8 Å². The largest absolute Gasteiger partial charge is 0.496 e. The van der Waals surface area contributed by atoms with Crippen LogP contribution in [0.25, 0.3) is 0 Å². The third kappa shape index (κ3) is 4.56. The molecule has 0 saturated heterocycles. The molecule has 8 heteroatoms. The lowest BCUT2D eigenvalue weighted by molar-refractivity contribution is 0.0664. The highest BCUT2D eigenvalue weighted by atomic mass is 32.2. The predicted molar refractivity (Wildman–Crippen MR) is 126 cm³/mol. The Morgan fingerprint density at radius 1 is 0.848 bits per heavy atom. The first-order valence-electron chi connectivity index (χ1n) is 10.2. The number of fused-ring (bicyclic) bond motifs is 1. The maximum atomic E-state index is 12.8. The molecule has 0 aliphatic carbocycles. The standard InChI is InChI=1S/C25H22N2O5S/c1-31-20-8-5-9-21(32-2)22(20)23(28)26-16-10-12-17(13-11-16)33-15-14-27-24(29)18-6-3-4-7-19(18)25(27)30/h3-13H,14-15H2,1-2H3,(H,26,28). The van der Waals surface area contributed by atoms with Crippen LogP contribution in [-0.2, 0) is 0 Å². The molecule has 0 aromatic heterocycles. The Labute approximate surface area is 195 Å². The molecule has 1 N–H and O–H groups in total. The number of nitrogens with zero attached hydrogens (tertiary/aromatic N) is 1. The molecule has 0 fully saturated rings. The number of rotatable bonds is 8. The first kappa shape index (κ1) is 22.4. The zero-order valence-electron chi connectivity index (χ0n) is 18.2. The molecule has 1 heterocycles. The number of amides is 3. The Bertz CT molecular complexity index is 1150. The molecule has 0 bridgehead atoms. The highest BCUT2D eigenvalue weighted by molar-refractivity contribution is 7.99. The van der Waals surface area contributed by atoms with Crippen molar-refractivity contribution in [1.29, 1.82) is 0 Å². The summed E-state index contributed by atoms with van der Waals surface area (Å²) >= 11 is 1.53. The molecule has 4 rings (SSSR count). The molecular formula is C25H22N2O5S. The molecule has 168 valence electrons. The number of benzene rings is 3. The van der Waals surface area contributed by atoms with Gasteiger partial charge in [-0.2, -0.15) is 0 Å². The van der Waals surface area contributed by atoms with Crippen LogP contribution in [0.5, 0.6) is 11.5 Å². The summed E-state index contributed by atoms with van der Waals surface area (Å²) < 4.78 is 10.6. The molecule has 1 aliphatic rings. The topological polar surface area (TPSA) is 84.9 Å². The molecule has 3 aromatic carbocycles. The number of imide groups is 1. The van der Waals surface area contributed by atoms with Crippen LogP contribution >= 0.6 is 11.8 Å². The number of nitrogens with one attached hydrogen (secondary N) is 1. The van der Waals surface area contributed by atoms with E-state index in [4.69, 9.17) is 9.47 Å². The van der Waals surface area contributed by atoms with E-state index in [1.807, 2.05) is 12.1 Å². The van der Waals surface area contributed by atoms with Crippen molar-refractivity contribution in [1.82, 2.24) is 4.90 Å². The van der Waals surface area contributed by atoms with Gasteiger partial charge >= 0.3 is 0 Å². The maximum Gasteiger partial charge on any atom is 0.263 e. The van der Waals surface area contributed by atoms with Crippen molar-refractivity contribution in [2.75, 3.05) is 31.8 Å². The third-order valence-corrected chi connectivity index (χ3v) is 6.22. The fraction of sp³-hybridized carbons (Fsp3) is 0.160. The second-order valence-corrected chi connectivity index (χ2v) is 8.34. The first-order valence-corrected chi connectivity index (χ1v) is 11.2. The first-order chi connectivity index (χ1) is 16.0. The molecule has 1 aliphatic heterocycles. The minimum Gasteiger partial charge on any atom is -0.496 e. The number of methoxy groups -OCH3 is 2. The van der Waals surface area contributed by atoms with Crippen LogP contribution in [-0.4, -0.2) is 49.1 Å². The average molecular weight is 463 g/mol. The summed E-state index contributed by atoms with van der Waals surface area (Å²) in [5.41, 5.74) is 1.86. The van der Waals surface area contributed by atoms with E-state index in [1.54, 1.807) is 54.6 Å². The van der Waals surface area contributed by atoms with E-state index in [-0.39, 0.29) is 17.7 Å². The second-order valence-electron chi connectivity index (χ2n) is 7.17. The van der Waals surface area contributed by atoms with Crippen molar-refractivity contribution in [2.24, 2.45) is 0 Å². The quantitative estimate of drug-likeness (QED) is 0.396. The van der Waals surface area contributed by atoms with Crippen LogP contribution in [0.15, 0.2) is 71.6 Å². The Balaban J connectivity index is 1.35. The lowest BCUT2D eigenvalue weighted by Gasteiger charge is -2.14. The highest BCUT2D eigenvalue weighted by Crippen LogP contribution is 2.30. The van der Waals surface area contributed by atoms with Gasteiger partial charge in [-0.1, -0.05) is 18.2 Å². The zero-order chi connectivity index (χ0) is 23.4. The fourth-order valence-electron chi connectivity index (χ4n) is 3.60. The summed E-state index contributed by atoms with van der Waals surface area (Å²) in [5.74, 6) is 0.576. The number of thioether (sulfide) groups is 1. The Morgan fingerprint density at radius 2 is 1.42 bits per heavy atom. The minimum absolute atomic E-state index is 0.249. The van der Waals surface area contributed by atoms with E-state index in [1.165, 1.54) is 30.9 Å². The van der Waals surface area contributed by atoms with E-state index < -0.39 is 0 Å². The Morgan fingerprint density at radius 3 is 1.97 bits per heavy atom. The van der Waals surface area contributed by atoms with Crippen molar-refractivity contribution in [2.45, 2.75) is 4.90 Å². The lowest BCUT2D eigenvalue weighted by atomic mass is 10.1. The van der Waals surface area contributed by atoms with Crippen molar-refractivity contribution < 1.29 is 23.9 Å². The Hall–Kier alpha value is -3.78. The average Bonchev–Trinajstić information content (AvgIpc) is 3.09. The zero-order valence-corrected chi connectivity index (χ0v) is 19.0. The Kier molecular flexibility index (Phi) is 6.65. The van der Waals surface area contributed by atoms with Gasteiger partial charge in [-0.15, -0.1) is 11.8 Å². The molecule has 0 radical (unpaired) electrons. The maximum absolute atomic E-state index is 12.8. The molecular weight excluding hydrogens is 440 g/mol. The van der Waals surface area contributed by atoms with Gasteiger partial charge in [0.15, 0.2) is 0 Å². The van der Waals surface area contributed by atoms with E-state index in [0.29, 0.717) is 46.2 Å². The minimum atomic E-state index is -0.338. The predicted octanol–water partition coefficient (Wildman–Crippen LogP) is 4.34. The summed E-state index contributed by atoms with van der Waals surface area (Å²) in [7, 11) is 3.00. The van der Waals surface area contributed by atoms with E-state index >= 15 is 0 Å². The SMILES string of the molecule is COc1cccc(OC)c1C(=O)Nc1ccc(SCCN2C(=O)c3ccccc3C2=O)cc1. The molecule has 0 saturated carbocycles. The number of hydrogen-bond acceptors (Lipinski definition) is 6. The molecule has 0 unspecified atom stereocenters. The van der Waals surface area contributed by atoms with Gasteiger partial charge in [0.25, 0.3) is 17.7 Å². The van der Waals surface area contributed by atoms with Crippen LogP contribution < -0.4 is 14.8 Å². The van der Waals surface area contributed by atoms with Crippen LogP contribution in [0.4, 0.5) is 5.69 Å². The number of ether oxygens (including phenoxy) is 2. The van der Waals surface area contributed by atoms with Crippen LogP contribution in [0.1, 0.15) is 31.1 Å². The van der Waals surface area contributed by atoms with Gasteiger partial charge in [-0.25, -0.2) is 0 Å². The molecule has 0 spiro atoms. The number of carbonyl (C=O) groups is 3. The molecule has 3 aromatic rings. The van der Waals surface area contributed by atoms with Crippen LogP contribution in [0.3, 0.4) is 0 Å². The molecule has 3 amide bonds. The fourth-order valence-corrected chi connectivity index (χ4v) is 4.44. The van der Waals surface area contributed by atoms with Gasteiger partial charge in [0, 0.05) is 22.9 Å². The monoisotopic (exact) mass is 462 g/mol. The van der Waals surface area contributed by atoms with E-state index in [2.05, 4.69) is 5.32 Å². The van der Waals surface area contributed by atoms with Gasteiger partial charge in [-0.05, 0) is 48.5 Å². The summed E-state index contributed by atoms with van der Waals surface area (Å²) in [6, 6.07) is 19.4. The second kappa shape index (κ2) is 9.79. The van der Waals surface area contributed by atoms with Gasteiger partial charge in [0.1, 0.15) is 17.1 Å². The van der Waals surface area contributed by atoms with Gasteiger partial charge in [0.05, 0.1) is 25.3 Å². The van der Waals surface area contributed by atoms with Crippen molar-refractivity contribution >= 4 is 35.2 Å². The van der Waals surface area contributed by atoms with Crippen molar-refractivity contribution in [3.05, 3.63) is 83.4 Å². The number of anilines is 1. The van der Waals surface area contributed by atoms with E-state index in [9.17, 15) is 14.4 Å². The summed E-state index contributed by atoms with van der Waals surface area (Å²) in [4.78, 5) is 39.9. The number of hydrogen-bond donors (Lipinski definition) is 1. The molecule has 7 nitrogen and oxygen atoms in total. The summed E-state index contributed by atoms with van der Waals surface area (Å²) in [6.45, 7) is 0.323. The van der Waals surface area contributed by atoms with Crippen molar-refractivity contribution in [3.8, 4) is 11.5 Å².